The average Bonchev–Trinajstić information content (AvgIpc) is 2.49. The van der Waals surface area contributed by atoms with Gasteiger partial charge in [-0.1, -0.05) is 6.07 Å². The molecule has 0 heterocycles. The van der Waals surface area contributed by atoms with Gasteiger partial charge < -0.3 is 21.5 Å². The summed E-state index contributed by atoms with van der Waals surface area (Å²) < 4.78 is 5.23. The molecule has 0 bridgehead atoms. The molecule has 0 radical (unpaired) electrons. The lowest BCUT2D eigenvalue weighted by Crippen LogP contribution is -2.13. The second-order valence-electron chi connectivity index (χ2n) is 4.29. The maximum absolute atomic E-state index is 11.3. The average molecular weight is 282 g/mol. The molecule has 21 heavy (non-hydrogen) atoms. The van der Waals surface area contributed by atoms with Crippen molar-refractivity contribution in [2.45, 2.75) is 0 Å². The Bertz CT molecular complexity index is 735. The minimum atomic E-state index is -0.614. The fourth-order valence-corrected chi connectivity index (χ4v) is 1.92. The molecule has 6 heteroatoms. The number of nitrogens with zero attached hydrogens (tertiary/aromatic N) is 1. The smallest absolute Gasteiger partial charge is 0.250 e. The zero-order chi connectivity index (χ0) is 15.4. The standard InChI is InChI=1S/C15H14N4O2/c1-21-13-4-2-3-9(8-16)14(13)19-10-5-6-12(17)11(7-10)15(18)20/h2-7,19H,17H2,1H3,(H2,18,20). The summed E-state index contributed by atoms with van der Waals surface area (Å²) in [4.78, 5) is 11.3. The Morgan fingerprint density at radius 2 is 2.10 bits per heavy atom. The van der Waals surface area contributed by atoms with Crippen molar-refractivity contribution in [2.75, 3.05) is 18.2 Å². The summed E-state index contributed by atoms with van der Waals surface area (Å²) >= 11 is 0. The number of amides is 1. The molecule has 0 aliphatic carbocycles. The van der Waals surface area contributed by atoms with E-state index in [-0.39, 0.29) is 5.56 Å². The minimum Gasteiger partial charge on any atom is -0.495 e. The third-order valence-corrected chi connectivity index (χ3v) is 2.95. The Labute approximate surface area is 121 Å². The molecule has 0 aliphatic rings. The molecule has 6 nitrogen and oxygen atoms in total. The number of nitrogens with one attached hydrogen (secondary N) is 1. The molecule has 106 valence electrons. The molecule has 2 rings (SSSR count). The first-order chi connectivity index (χ1) is 10.1. The lowest BCUT2D eigenvalue weighted by Gasteiger charge is -2.13. The lowest BCUT2D eigenvalue weighted by atomic mass is 10.1. The van der Waals surface area contributed by atoms with E-state index in [1.807, 2.05) is 0 Å². The quantitative estimate of drug-likeness (QED) is 0.742. The summed E-state index contributed by atoms with van der Waals surface area (Å²) in [6.45, 7) is 0. The highest BCUT2D eigenvalue weighted by molar-refractivity contribution is 5.99. The van der Waals surface area contributed by atoms with Crippen LogP contribution in [0.3, 0.4) is 0 Å². The molecule has 0 spiro atoms. The molecule has 0 fully saturated rings. The van der Waals surface area contributed by atoms with Gasteiger partial charge in [0.25, 0.3) is 5.91 Å². The topological polar surface area (TPSA) is 114 Å². The van der Waals surface area contributed by atoms with E-state index in [4.69, 9.17) is 21.5 Å². The van der Waals surface area contributed by atoms with Crippen LogP contribution in [0.2, 0.25) is 0 Å². The maximum Gasteiger partial charge on any atom is 0.250 e. The highest BCUT2D eigenvalue weighted by atomic mass is 16.5. The SMILES string of the molecule is COc1cccc(C#N)c1Nc1ccc(N)c(C(N)=O)c1. The highest BCUT2D eigenvalue weighted by Crippen LogP contribution is 2.31. The van der Waals surface area contributed by atoms with E-state index in [9.17, 15) is 4.79 Å². The zero-order valence-corrected chi connectivity index (χ0v) is 11.4. The molecule has 5 N–H and O–H groups in total. The number of hydrogen-bond acceptors (Lipinski definition) is 5. The maximum atomic E-state index is 11.3. The lowest BCUT2D eigenvalue weighted by molar-refractivity contribution is 0.100. The van der Waals surface area contributed by atoms with Crippen LogP contribution in [-0.4, -0.2) is 13.0 Å². The van der Waals surface area contributed by atoms with Crippen molar-refractivity contribution >= 4 is 23.0 Å². The predicted octanol–water partition coefficient (Wildman–Crippen LogP) is 1.99. The van der Waals surface area contributed by atoms with Gasteiger partial charge in [0, 0.05) is 11.4 Å². The van der Waals surface area contributed by atoms with Crippen LogP contribution in [0, 0.1) is 11.3 Å². The number of nitriles is 1. The molecule has 0 aliphatic heterocycles. The van der Waals surface area contributed by atoms with E-state index in [0.717, 1.165) is 0 Å². The van der Waals surface area contributed by atoms with Crippen molar-refractivity contribution in [2.24, 2.45) is 5.73 Å². The summed E-state index contributed by atoms with van der Waals surface area (Å²) in [5.41, 5.74) is 13.0. The summed E-state index contributed by atoms with van der Waals surface area (Å²) in [7, 11) is 1.51. The number of para-hydroxylation sites is 1. The van der Waals surface area contributed by atoms with Crippen LogP contribution < -0.4 is 21.5 Å². The van der Waals surface area contributed by atoms with Gasteiger partial charge in [0.15, 0.2) is 0 Å². The summed E-state index contributed by atoms with van der Waals surface area (Å²) in [5, 5.41) is 12.2. The molecule has 0 aromatic heterocycles. The van der Waals surface area contributed by atoms with Crippen LogP contribution in [-0.2, 0) is 0 Å². The van der Waals surface area contributed by atoms with Crippen molar-refractivity contribution in [3.63, 3.8) is 0 Å². The molecule has 0 saturated carbocycles. The van der Waals surface area contributed by atoms with Gasteiger partial charge in [-0.2, -0.15) is 5.26 Å². The Morgan fingerprint density at radius 3 is 2.71 bits per heavy atom. The Kier molecular flexibility index (Phi) is 3.95. The first-order valence-corrected chi connectivity index (χ1v) is 6.10. The monoisotopic (exact) mass is 282 g/mol. The van der Waals surface area contributed by atoms with E-state index in [1.54, 1.807) is 30.3 Å². The number of nitrogen functional groups attached to an aromatic ring is 1. The number of anilines is 3. The molecule has 1 amide bonds. The number of benzene rings is 2. The van der Waals surface area contributed by atoms with Gasteiger partial charge in [0.2, 0.25) is 0 Å². The van der Waals surface area contributed by atoms with Crippen LogP contribution in [0.1, 0.15) is 15.9 Å². The molecule has 0 atom stereocenters. The fourth-order valence-electron chi connectivity index (χ4n) is 1.92. The van der Waals surface area contributed by atoms with Crippen LogP contribution >= 0.6 is 0 Å². The molecule has 2 aromatic carbocycles. The van der Waals surface area contributed by atoms with E-state index in [0.29, 0.717) is 28.4 Å². The van der Waals surface area contributed by atoms with Crippen molar-refractivity contribution in [3.8, 4) is 11.8 Å². The number of primary amides is 1. The minimum absolute atomic E-state index is 0.216. The van der Waals surface area contributed by atoms with Crippen LogP contribution in [0.5, 0.6) is 5.75 Å². The number of rotatable bonds is 4. The fraction of sp³-hybridized carbons (Fsp3) is 0.0667. The Hall–Kier alpha value is -3.20. The van der Waals surface area contributed by atoms with Gasteiger partial charge in [0.1, 0.15) is 11.8 Å². The van der Waals surface area contributed by atoms with Gasteiger partial charge in [-0.15, -0.1) is 0 Å². The van der Waals surface area contributed by atoms with Gasteiger partial charge in [-0.05, 0) is 30.3 Å². The summed E-state index contributed by atoms with van der Waals surface area (Å²) in [5.74, 6) is -0.0943. The van der Waals surface area contributed by atoms with Crippen molar-refractivity contribution in [1.29, 1.82) is 5.26 Å². The molecule has 2 aromatic rings. The Morgan fingerprint density at radius 1 is 1.33 bits per heavy atom. The third-order valence-electron chi connectivity index (χ3n) is 2.95. The molecule has 0 unspecified atom stereocenters. The van der Waals surface area contributed by atoms with Gasteiger partial charge >= 0.3 is 0 Å². The molecular formula is C15H14N4O2. The van der Waals surface area contributed by atoms with Gasteiger partial charge in [-0.3, -0.25) is 4.79 Å². The molecule has 0 saturated heterocycles. The van der Waals surface area contributed by atoms with E-state index in [1.165, 1.54) is 13.2 Å². The first kappa shape index (κ1) is 14.2. The van der Waals surface area contributed by atoms with Crippen molar-refractivity contribution < 1.29 is 9.53 Å². The van der Waals surface area contributed by atoms with Gasteiger partial charge in [0.05, 0.1) is 23.9 Å². The second-order valence-corrected chi connectivity index (χ2v) is 4.29. The number of methoxy groups -OCH3 is 1. The third kappa shape index (κ3) is 2.87. The largest absolute Gasteiger partial charge is 0.495 e. The van der Waals surface area contributed by atoms with Crippen molar-refractivity contribution in [1.82, 2.24) is 0 Å². The molecular weight excluding hydrogens is 268 g/mol. The summed E-state index contributed by atoms with van der Waals surface area (Å²) in [6.07, 6.45) is 0. The van der Waals surface area contributed by atoms with E-state index in [2.05, 4.69) is 11.4 Å². The predicted molar refractivity (Wildman–Crippen MR) is 80.4 cm³/mol. The van der Waals surface area contributed by atoms with E-state index < -0.39 is 5.91 Å². The number of ether oxygens (including phenoxy) is 1. The zero-order valence-electron chi connectivity index (χ0n) is 11.4. The second kappa shape index (κ2) is 5.84. The van der Waals surface area contributed by atoms with Crippen LogP contribution in [0.4, 0.5) is 17.1 Å². The number of carbonyl (C=O) groups is 1. The van der Waals surface area contributed by atoms with Crippen LogP contribution in [0.15, 0.2) is 36.4 Å². The number of hydrogen-bond donors (Lipinski definition) is 3. The Balaban J connectivity index is 2.46. The van der Waals surface area contributed by atoms with Crippen molar-refractivity contribution in [3.05, 3.63) is 47.5 Å². The normalized spacial score (nSPS) is 9.71. The van der Waals surface area contributed by atoms with E-state index >= 15 is 0 Å². The number of carbonyl (C=O) groups excluding carboxylic acids is 1. The summed E-state index contributed by atoms with van der Waals surface area (Å²) in [6, 6.07) is 12.0. The van der Waals surface area contributed by atoms with Gasteiger partial charge in [-0.25, -0.2) is 0 Å². The number of nitrogens with two attached hydrogens (primary N) is 2. The highest BCUT2D eigenvalue weighted by Gasteiger charge is 2.11. The first-order valence-electron chi connectivity index (χ1n) is 6.10. The van der Waals surface area contributed by atoms with Crippen LogP contribution in [0.25, 0.3) is 0 Å².